The molecule has 4 bridgehead atoms. The predicted molar refractivity (Wildman–Crippen MR) is 93.2 cm³/mol. The lowest BCUT2D eigenvalue weighted by Crippen LogP contribution is -2.54. The van der Waals surface area contributed by atoms with Gasteiger partial charge in [0.1, 0.15) is 0 Å². The van der Waals surface area contributed by atoms with E-state index in [2.05, 4.69) is 19.2 Å². The maximum Gasteiger partial charge on any atom is 0.224 e. The highest BCUT2D eigenvalue weighted by Crippen LogP contribution is 2.56. The van der Waals surface area contributed by atoms with Gasteiger partial charge in [0.2, 0.25) is 5.91 Å². The molecular weight excluding hydrogens is 306 g/mol. The van der Waals surface area contributed by atoms with Gasteiger partial charge in [-0.15, -0.1) is 0 Å². The van der Waals surface area contributed by atoms with E-state index in [0.717, 1.165) is 22.4 Å². The summed E-state index contributed by atoms with van der Waals surface area (Å²) in [5.41, 5.74) is 0.693. The number of hydrogen-bond acceptors (Lipinski definition) is 1. The van der Waals surface area contributed by atoms with Crippen molar-refractivity contribution in [3.63, 3.8) is 0 Å². The number of carbonyl (C=O) groups is 1. The maximum absolute atomic E-state index is 13.1. The van der Waals surface area contributed by atoms with Gasteiger partial charge in [-0.25, -0.2) is 0 Å². The molecule has 3 heteroatoms. The predicted octanol–water partition coefficient (Wildman–Crippen LogP) is 4.76. The van der Waals surface area contributed by atoms with Crippen LogP contribution < -0.4 is 5.32 Å². The number of amides is 1. The van der Waals surface area contributed by atoms with Crippen molar-refractivity contribution in [2.24, 2.45) is 29.6 Å². The highest BCUT2D eigenvalue weighted by Gasteiger charge is 2.51. The van der Waals surface area contributed by atoms with Crippen LogP contribution in [0.5, 0.6) is 0 Å². The molecule has 4 fully saturated rings. The molecule has 4 saturated carbocycles. The Morgan fingerprint density at radius 1 is 1.09 bits per heavy atom. The number of nitrogens with one attached hydrogen (secondary N) is 1. The van der Waals surface area contributed by atoms with Crippen molar-refractivity contribution in [1.29, 1.82) is 0 Å². The highest BCUT2D eigenvalue weighted by atomic mass is 35.5. The maximum atomic E-state index is 13.1. The van der Waals surface area contributed by atoms with E-state index in [1.165, 1.54) is 32.1 Å². The highest BCUT2D eigenvalue weighted by molar-refractivity contribution is 6.30. The molecule has 2 nitrogen and oxygen atoms in total. The summed E-state index contributed by atoms with van der Waals surface area (Å²) in [6.07, 6.45) is 6.55. The Morgan fingerprint density at radius 2 is 1.70 bits per heavy atom. The number of hydrogen-bond donors (Lipinski definition) is 1. The van der Waals surface area contributed by atoms with Crippen LogP contribution in [0, 0.1) is 29.6 Å². The zero-order valence-electron chi connectivity index (χ0n) is 14.0. The second-order valence-corrected chi connectivity index (χ2v) is 9.02. The van der Waals surface area contributed by atoms with Gasteiger partial charge in [-0.1, -0.05) is 23.7 Å². The normalized spacial score (nSPS) is 35.3. The fourth-order valence-electron chi connectivity index (χ4n) is 5.69. The molecule has 1 aromatic carbocycles. The minimum atomic E-state index is -0.378. The molecule has 124 valence electrons. The molecule has 0 radical (unpaired) electrons. The lowest BCUT2D eigenvalue weighted by molar-refractivity contribution is -0.139. The standard InChI is InChI=1S/C20H26ClNO/c1-20(2,16-4-3-5-17(21)11-16)22-19(23)18-14-7-12-6-13(9-14)10-15(18)8-12/h3-5,11-15,18H,6-10H2,1-2H3,(H,22,23). The molecule has 0 aliphatic heterocycles. The molecule has 1 amide bonds. The first-order valence-corrected chi connectivity index (χ1v) is 9.38. The van der Waals surface area contributed by atoms with Crippen LogP contribution in [0.2, 0.25) is 5.02 Å². The molecule has 0 aromatic heterocycles. The number of carbonyl (C=O) groups excluding carboxylic acids is 1. The molecule has 0 saturated heterocycles. The smallest absolute Gasteiger partial charge is 0.224 e. The minimum Gasteiger partial charge on any atom is -0.347 e. The molecule has 1 aromatic rings. The molecule has 0 heterocycles. The average molecular weight is 332 g/mol. The lowest BCUT2D eigenvalue weighted by Gasteiger charge is -2.54. The van der Waals surface area contributed by atoms with Crippen molar-refractivity contribution in [3.8, 4) is 0 Å². The van der Waals surface area contributed by atoms with Gasteiger partial charge in [-0.2, -0.15) is 0 Å². The van der Waals surface area contributed by atoms with Crippen molar-refractivity contribution < 1.29 is 4.79 Å². The van der Waals surface area contributed by atoms with Gasteiger partial charge in [-0.3, -0.25) is 4.79 Å². The fraction of sp³-hybridized carbons (Fsp3) is 0.650. The summed E-state index contributed by atoms with van der Waals surface area (Å²) in [5, 5.41) is 4.05. The molecule has 1 N–H and O–H groups in total. The van der Waals surface area contributed by atoms with Crippen LogP contribution in [0.4, 0.5) is 0 Å². The summed E-state index contributed by atoms with van der Waals surface area (Å²) >= 11 is 6.12. The molecule has 23 heavy (non-hydrogen) atoms. The minimum absolute atomic E-state index is 0.237. The average Bonchev–Trinajstić information content (AvgIpc) is 2.45. The van der Waals surface area contributed by atoms with E-state index in [0.29, 0.717) is 11.8 Å². The van der Waals surface area contributed by atoms with Crippen molar-refractivity contribution >= 4 is 17.5 Å². The Labute approximate surface area is 144 Å². The molecule has 4 aliphatic rings. The molecule has 4 aliphatic carbocycles. The van der Waals surface area contributed by atoms with Gasteiger partial charge in [0, 0.05) is 10.9 Å². The van der Waals surface area contributed by atoms with E-state index in [1.54, 1.807) is 0 Å². The number of benzene rings is 1. The summed E-state index contributed by atoms with van der Waals surface area (Å²) in [4.78, 5) is 13.1. The summed E-state index contributed by atoms with van der Waals surface area (Å²) < 4.78 is 0. The molecule has 0 spiro atoms. The monoisotopic (exact) mass is 331 g/mol. The Balaban J connectivity index is 1.51. The van der Waals surface area contributed by atoms with Crippen molar-refractivity contribution in [3.05, 3.63) is 34.9 Å². The van der Waals surface area contributed by atoms with Crippen LogP contribution in [0.3, 0.4) is 0 Å². The summed E-state index contributed by atoms with van der Waals surface area (Å²) in [5.74, 6) is 3.57. The Kier molecular flexibility index (Phi) is 3.72. The Bertz CT molecular complexity index is 596. The molecular formula is C20H26ClNO. The van der Waals surface area contributed by atoms with Gasteiger partial charge in [0.25, 0.3) is 0 Å². The first-order valence-electron chi connectivity index (χ1n) is 9.00. The van der Waals surface area contributed by atoms with Crippen LogP contribution in [0.15, 0.2) is 24.3 Å². The van der Waals surface area contributed by atoms with Crippen LogP contribution in [-0.4, -0.2) is 5.91 Å². The first-order chi connectivity index (χ1) is 10.9. The van der Waals surface area contributed by atoms with E-state index in [9.17, 15) is 4.79 Å². The third-order valence-electron chi connectivity index (χ3n) is 6.51. The first kappa shape index (κ1) is 15.5. The van der Waals surface area contributed by atoms with Crippen LogP contribution in [-0.2, 0) is 10.3 Å². The van der Waals surface area contributed by atoms with Gasteiger partial charge >= 0.3 is 0 Å². The number of rotatable bonds is 3. The topological polar surface area (TPSA) is 29.1 Å². The Hall–Kier alpha value is -1.02. The van der Waals surface area contributed by atoms with Crippen molar-refractivity contribution in [2.75, 3.05) is 0 Å². The second kappa shape index (κ2) is 5.51. The Morgan fingerprint density at radius 3 is 2.26 bits per heavy atom. The third kappa shape index (κ3) is 2.80. The molecule has 5 rings (SSSR count). The van der Waals surface area contributed by atoms with Gasteiger partial charge in [-0.05, 0) is 87.3 Å². The van der Waals surface area contributed by atoms with Crippen LogP contribution >= 0.6 is 11.6 Å². The third-order valence-corrected chi connectivity index (χ3v) is 6.75. The van der Waals surface area contributed by atoms with E-state index >= 15 is 0 Å². The summed E-state index contributed by atoms with van der Waals surface area (Å²) in [6, 6.07) is 7.83. The van der Waals surface area contributed by atoms with Crippen LogP contribution in [0.1, 0.15) is 51.5 Å². The van der Waals surface area contributed by atoms with E-state index in [4.69, 9.17) is 11.6 Å². The fourth-order valence-corrected chi connectivity index (χ4v) is 5.88. The van der Waals surface area contributed by atoms with Crippen LogP contribution in [0.25, 0.3) is 0 Å². The quantitative estimate of drug-likeness (QED) is 0.849. The molecule has 0 unspecified atom stereocenters. The summed E-state index contributed by atoms with van der Waals surface area (Å²) in [7, 11) is 0. The molecule has 0 atom stereocenters. The largest absolute Gasteiger partial charge is 0.347 e. The lowest BCUT2D eigenvalue weighted by atomic mass is 9.51. The SMILES string of the molecule is CC(C)(NC(=O)C1C2CC3CC(C2)CC1C3)c1cccc(Cl)c1. The van der Waals surface area contributed by atoms with E-state index < -0.39 is 0 Å². The van der Waals surface area contributed by atoms with Gasteiger partial charge < -0.3 is 5.32 Å². The van der Waals surface area contributed by atoms with Crippen molar-refractivity contribution in [2.45, 2.75) is 51.5 Å². The van der Waals surface area contributed by atoms with E-state index in [-0.39, 0.29) is 17.4 Å². The zero-order chi connectivity index (χ0) is 16.2. The van der Waals surface area contributed by atoms with Crippen molar-refractivity contribution in [1.82, 2.24) is 5.32 Å². The van der Waals surface area contributed by atoms with Gasteiger partial charge in [0.15, 0.2) is 0 Å². The van der Waals surface area contributed by atoms with E-state index in [1.807, 2.05) is 24.3 Å². The second-order valence-electron chi connectivity index (χ2n) is 8.58. The summed E-state index contributed by atoms with van der Waals surface area (Å²) in [6.45, 7) is 4.15. The number of halogens is 1. The zero-order valence-corrected chi connectivity index (χ0v) is 14.8. The van der Waals surface area contributed by atoms with Gasteiger partial charge in [0.05, 0.1) is 5.54 Å².